The third-order valence-electron chi connectivity index (χ3n) is 4.75. The van der Waals surface area contributed by atoms with E-state index in [0.717, 1.165) is 24.3 Å². The molecule has 0 saturated carbocycles. The van der Waals surface area contributed by atoms with Gasteiger partial charge in [-0.05, 0) is 50.4 Å². The molecule has 5 nitrogen and oxygen atoms in total. The van der Waals surface area contributed by atoms with Gasteiger partial charge in [-0.25, -0.2) is 4.98 Å². The predicted octanol–water partition coefficient (Wildman–Crippen LogP) is 2.64. The number of aromatic nitrogens is 2. The molecule has 3 heterocycles. The second kappa shape index (κ2) is 7.13. The van der Waals surface area contributed by atoms with Crippen LogP contribution in [0.15, 0.2) is 24.5 Å². The molecular weight excluding hydrogens is 288 g/mol. The number of rotatable bonds is 5. The van der Waals surface area contributed by atoms with Crippen LogP contribution in [0.2, 0.25) is 0 Å². The molecule has 1 atom stereocenters. The van der Waals surface area contributed by atoms with E-state index in [1.807, 2.05) is 29.7 Å². The summed E-state index contributed by atoms with van der Waals surface area (Å²) in [6, 6.07) is 4.67. The summed E-state index contributed by atoms with van der Waals surface area (Å²) in [5.74, 6) is -0.0867. The fraction of sp³-hybridized carbons (Fsp3) is 0.556. The fourth-order valence-electron chi connectivity index (χ4n) is 3.41. The van der Waals surface area contributed by atoms with Crippen molar-refractivity contribution >= 4 is 11.6 Å². The first-order chi connectivity index (χ1) is 11.2. The lowest BCUT2D eigenvalue weighted by atomic mass is 10.0. The summed E-state index contributed by atoms with van der Waals surface area (Å²) < 4.78 is 1.89. The number of pyridine rings is 1. The minimum Gasteiger partial charge on any atom is -0.349 e. The van der Waals surface area contributed by atoms with Crippen molar-refractivity contribution in [3.63, 3.8) is 0 Å². The SMILES string of the molecule is CC[C@H]1CCCCN1CCNC(=O)c1cn2ccc(C)cc2n1. The van der Waals surface area contributed by atoms with E-state index in [9.17, 15) is 4.79 Å². The Morgan fingerprint density at radius 1 is 1.43 bits per heavy atom. The van der Waals surface area contributed by atoms with Crippen molar-refractivity contribution in [3.05, 3.63) is 35.8 Å². The van der Waals surface area contributed by atoms with Gasteiger partial charge in [-0.2, -0.15) is 0 Å². The minimum atomic E-state index is -0.0867. The van der Waals surface area contributed by atoms with Crippen LogP contribution in [0, 0.1) is 6.92 Å². The van der Waals surface area contributed by atoms with Crippen LogP contribution in [0.1, 0.15) is 48.7 Å². The van der Waals surface area contributed by atoms with Gasteiger partial charge in [-0.15, -0.1) is 0 Å². The van der Waals surface area contributed by atoms with E-state index in [0.29, 0.717) is 18.3 Å². The van der Waals surface area contributed by atoms with Gasteiger partial charge in [-0.1, -0.05) is 13.3 Å². The number of aryl methyl sites for hydroxylation is 1. The van der Waals surface area contributed by atoms with E-state index in [2.05, 4.69) is 22.1 Å². The molecule has 2 aromatic heterocycles. The number of nitrogens with one attached hydrogen (secondary N) is 1. The maximum atomic E-state index is 12.3. The first-order valence-corrected chi connectivity index (χ1v) is 8.65. The van der Waals surface area contributed by atoms with Crippen molar-refractivity contribution < 1.29 is 4.79 Å². The summed E-state index contributed by atoms with van der Waals surface area (Å²) in [7, 11) is 0. The van der Waals surface area contributed by atoms with Gasteiger partial charge in [-0.3, -0.25) is 9.69 Å². The van der Waals surface area contributed by atoms with Gasteiger partial charge in [0, 0.05) is 31.5 Å². The van der Waals surface area contributed by atoms with Gasteiger partial charge >= 0.3 is 0 Å². The minimum absolute atomic E-state index is 0.0867. The Labute approximate surface area is 137 Å². The molecule has 1 fully saturated rings. The molecular formula is C18H26N4O. The van der Waals surface area contributed by atoms with E-state index in [-0.39, 0.29) is 5.91 Å². The number of carbonyl (C=O) groups is 1. The first-order valence-electron chi connectivity index (χ1n) is 8.65. The Morgan fingerprint density at radius 2 is 2.30 bits per heavy atom. The Kier molecular flexibility index (Phi) is 4.96. The van der Waals surface area contributed by atoms with Gasteiger partial charge < -0.3 is 9.72 Å². The fourth-order valence-corrected chi connectivity index (χ4v) is 3.41. The summed E-state index contributed by atoms with van der Waals surface area (Å²) >= 11 is 0. The molecule has 0 radical (unpaired) electrons. The molecule has 0 aliphatic carbocycles. The molecule has 0 bridgehead atoms. The monoisotopic (exact) mass is 314 g/mol. The highest BCUT2D eigenvalue weighted by Gasteiger charge is 2.20. The molecule has 3 rings (SSSR count). The predicted molar refractivity (Wildman–Crippen MR) is 91.8 cm³/mol. The van der Waals surface area contributed by atoms with Gasteiger partial charge in [0.25, 0.3) is 5.91 Å². The second-order valence-electron chi connectivity index (χ2n) is 6.45. The lowest BCUT2D eigenvalue weighted by molar-refractivity contribution is 0.0930. The van der Waals surface area contributed by atoms with Crippen LogP contribution in [-0.4, -0.2) is 45.9 Å². The third-order valence-corrected chi connectivity index (χ3v) is 4.75. The van der Waals surface area contributed by atoms with E-state index in [1.165, 1.54) is 25.7 Å². The smallest absolute Gasteiger partial charge is 0.271 e. The molecule has 0 unspecified atom stereocenters. The standard InChI is InChI=1S/C18H26N4O/c1-3-15-6-4-5-9-21(15)11-8-19-18(23)16-13-22-10-7-14(2)12-17(22)20-16/h7,10,12-13,15H,3-6,8-9,11H2,1-2H3,(H,19,23)/t15-/m0/s1. The van der Waals surface area contributed by atoms with Crippen LogP contribution in [-0.2, 0) is 0 Å². The molecule has 5 heteroatoms. The van der Waals surface area contributed by atoms with Crippen molar-refractivity contribution in [2.75, 3.05) is 19.6 Å². The number of piperidine rings is 1. The molecule has 1 amide bonds. The number of hydrogen-bond donors (Lipinski definition) is 1. The maximum absolute atomic E-state index is 12.3. The lowest BCUT2D eigenvalue weighted by Crippen LogP contribution is -2.43. The number of amides is 1. The lowest BCUT2D eigenvalue weighted by Gasteiger charge is -2.35. The summed E-state index contributed by atoms with van der Waals surface area (Å²) in [5, 5.41) is 3.01. The third kappa shape index (κ3) is 3.72. The van der Waals surface area contributed by atoms with E-state index in [4.69, 9.17) is 0 Å². The molecule has 1 aliphatic heterocycles. The van der Waals surface area contributed by atoms with Gasteiger partial charge in [0.1, 0.15) is 11.3 Å². The number of fused-ring (bicyclic) bond motifs is 1. The highest BCUT2D eigenvalue weighted by Crippen LogP contribution is 2.18. The summed E-state index contributed by atoms with van der Waals surface area (Å²) in [4.78, 5) is 19.2. The van der Waals surface area contributed by atoms with Crippen LogP contribution in [0.4, 0.5) is 0 Å². The molecule has 1 N–H and O–H groups in total. The Bertz CT molecular complexity index is 679. The zero-order valence-electron chi connectivity index (χ0n) is 14.1. The molecule has 0 aromatic carbocycles. The first kappa shape index (κ1) is 16.0. The Morgan fingerprint density at radius 3 is 3.13 bits per heavy atom. The summed E-state index contributed by atoms with van der Waals surface area (Å²) in [6.07, 6.45) is 8.82. The molecule has 1 aliphatic rings. The number of hydrogen-bond acceptors (Lipinski definition) is 3. The molecule has 0 spiro atoms. The average molecular weight is 314 g/mol. The zero-order valence-corrected chi connectivity index (χ0v) is 14.1. The van der Waals surface area contributed by atoms with Crippen LogP contribution in [0.25, 0.3) is 5.65 Å². The van der Waals surface area contributed by atoms with Gasteiger partial charge in [0.15, 0.2) is 0 Å². The highest BCUT2D eigenvalue weighted by molar-refractivity contribution is 5.92. The van der Waals surface area contributed by atoms with Crippen molar-refractivity contribution in [1.29, 1.82) is 0 Å². The van der Waals surface area contributed by atoms with Crippen LogP contribution >= 0.6 is 0 Å². The molecule has 2 aromatic rings. The van der Waals surface area contributed by atoms with Crippen molar-refractivity contribution in [2.45, 2.75) is 45.6 Å². The maximum Gasteiger partial charge on any atom is 0.271 e. The highest BCUT2D eigenvalue weighted by atomic mass is 16.1. The normalized spacial score (nSPS) is 19.1. The van der Waals surface area contributed by atoms with Crippen molar-refractivity contribution in [1.82, 2.24) is 19.6 Å². The average Bonchev–Trinajstić information content (AvgIpc) is 2.98. The zero-order chi connectivity index (χ0) is 16.2. The van der Waals surface area contributed by atoms with Crippen LogP contribution < -0.4 is 5.32 Å². The Balaban J connectivity index is 1.56. The van der Waals surface area contributed by atoms with Crippen LogP contribution in [0.3, 0.4) is 0 Å². The van der Waals surface area contributed by atoms with Crippen molar-refractivity contribution in [3.8, 4) is 0 Å². The molecule has 1 saturated heterocycles. The quantitative estimate of drug-likeness (QED) is 0.923. The molecule has 124 valence electrons. The number of imidazole rings is 1. The van der Waals surface area contributed by atoms with Gasteiger partial charge in [0.05, 0.1) is 0 Å². The van der Waals surface area contributed by atoms with Gasteiger partial charge in [0.2, 0.25) is 0 Å². The number of carbonyl (C=O) groups excluding carboxylic acids is 1. The van der Waals surface area contributed by atoms with E-state index in [1.54, 1.807) is 6.20 Å². The Hall–Kier alpha value is -1.88. The molecule has 23 heavy (non-hydrogen) atoms. The summed E-state index contributed by atoms with van der Waals surface area (Å²) in [6.45, 7) is 7.04. The second-order valence-corrected chi connectivity index (χ2v) is 6.45. The number of nitrogens with zero attached hydrogens (tertiary/aromatic N) is 3. The number of likely N-dealkylation sites (tertiary alicyclic amines) is 1. The van der Waals surface area contributed by atoms with Crippen LogP contribution in [0.5, 0.6) is 0 Å². The topological polar surface area (TPSA) is 49.6 Å². The van der Waals surface area contributed by atoms with E-state index < -0.39 is 0 Å². The van der Waals surface area contributed by atoms with Crippen molar-refractivity contribution in [2.24, 2.45) is 0 Å². The summed E-state index contributed by atoms with van der Waals surface area (Å²) in [5.41, 5.74) is 2.45. The largest absolute Gasteiger partial charge is 0.349 e. The van der Waals surface area contributed by atoms with E-state index >= 15 is 0 Å².